The molecule has 17 heavy (non-hydrogen) atoms. The second-order valence-corrected chi connectivity index (χ2v) is 6.05. The third-order valence-corrected chi connectivity index (χ3v) is 4.43. The molecule has 0 aromatic carbocycles. The molecule has 1 N–H and O–H groups in total. The Bertz CT molecular complexity index is 443. The SMILES string of the molecule is CCNc1nc(C2CC2C)nc(C2CC2)c1Br. The van der Waals surface area contributed by atoms with Gasteiger partial charge < -0.3 is 5.32 Å². The van der Waals surface area contributed by atoms with Crippen molar-refractivity contribution in [2.24, 2.45) is 5.92 Å². The van der Waals surface area contributed by atoms with Gasteiger partial charge in [0.25, 0.3) is 0 Å². The molecule has 0 spiro atoms. The molecule has 1 aromatic rings. The van der Waals surface area contributed by atoms with E-state index in [-0.39, 0.29) is 0 Å². The predicted molar refractivity (Wildman–Crippen MR) is 72.4 cm³/mol. The lowest BCUT2D eigenvalue weighted by Gasteiger charge is -2.11. The normalized spacial score (nSPS) is 27.0. The van der Waals surface area contributed by atoms with Crippen LogP contribution in [0.25, 0.3) is 0 Å². The molecule has 92 valence electrons. The first kappa shape index (κ1) is 11.5. The number of halogens is 1. The molecule has 2 fully saturated rings. The van der Waals surface area contributed by atoms with Gasteiger partial charge in [-0.3, -0.25) is 0 Å². The molecule has 0 radical (unpaired) electrons. The van der Waals surface area contributed by atoms with Gasteiger partial charge in [0.05, 0.1) is 10.2 Å². The number of anilines is 1. The van der Waals surface area contributed by atoms with E-state index in [1.165, 1.54) is 25.0 Å². The maximum Gasteiger partial charge on any atom is 0.144 e. The molecular formula is C13H18BrN3. The second-order valence-electron chi connectivity index (χ2n) is 5.25. The number of nitrogens with one attached hydrogen (secondary N) is 1. The number of hydrogen-bond acceptors (Lipinski definition) is 3. The molecule has 2 aliphatic carbocycles. The van der Waals surface area contributed by atoms with Crippen molar-refractivity contribution in [3.05, 3.63) is 16.0 Å². The Morgan fingerprint density at radius 3 is 2.59 bits per heavy atom. The fourth-order valence-corrected chi connectivity index (χ4v) is 2.88. The molecule has 2 unspecified atom stereocenters. The summed E-state index contributed by atoms with van der Waals surface area (Å²) >= 11 is 3.65. The van der Waals surface area contributed by atoms with Crippen LogP contribution in [0.2, 0.25) is 0 Å². The van der Waals surface area contributed by atoms with E-state index in [1.54, 1.807) is 0 Å². The molecule has 1 heterocycles. The fraction of sp³-hybridized carbons (Fsp3) is 0.692. The molecule has 2 atom stereocenters. The van der Waals surface area contributed by atoms with E-state index >= 15 is 0 Å². The molecule has 2 saturated carbocycles. The van der Waals surface area contributed by atoms with Crippen molar-refractivity contribution >= 4 is 21.7 Å². The van der Waals surface area contributed by atoms with Gasteiger partial charge in [0.2, 0.25) is 0 Å². The molecule has 0 aliphatic heterocycles. The minimum Gasteiger partial charge on any atom is -0.369 e. The average Bonchev–Trinajstić information content (AvgIpc) is 3.17. The van der Waals surface area contributed by atoms with Crippen molar-refractivity contribution in [1.82, 2.24) is 9.97 Å². The van der Waals surface area contributed by atoms with E-state index in [4.69, 9.17) is 4.98 Å². The molecule has 0 saturated heterocycles. The van der Waals surface area contributed by atoms with Gasteiger partial charge in [0, 0.05) is 18.4 Å². The van der Waals surface area contributed by atoms with E-state index in [0.717, 1.165) is 28.6 Å². The van der Waals surface area contributed by atoms with Crippen LogP contribution in [-0.2, 0) is 0 Å². The summed E-state index contributed by atoms with van der Waals surface area (Å²) in [5.74, 6) is 4.06. The van der Waals surface area contributed by atoms with Crippen LogP contribution in [0.1, 0.15) is 56.5 Å². The molecule has 3 nitrogen and oxygen atoms in total. The van der Waals surface area contributed by atoms with Gasteiger partial charge >= 0.3 is 0 Å². The van der Waals surface area contributed by atoms with Crippen LogP contribution in [0.15, 0.2) is 4.47 Å². The first-order chi connectivity index (χ1) is 8.20. The van der Waals surface area contributed by atoms with E-state index in [0.29, 0.717) is 11.8 Å². The van der Waals surface area contributed by atoms with Gasteiger partial charge in [0.15, 0.2) is 0 Å². The summed E-state index contributed by atoms with van der Waals surface area (Å²) in [6.45, 7) is 5.28. The van der Waals surface area contributed by atoms with Crippen molar-refractivity contribution in [3.63, 3.8) is 0 Å². The van der Waals surface area contributed by atoms with E-state index in [9.17, 15) is 0 Å². The van der Waals surface area contributed by atoms with Gasteiger partial charge in [0.1, 0.15) is 11.6 Å². The zero-order chi connectivity index (χ0) is 12.0. The molecule has 1 aromatic heterocycles. The Hall–Kier alpha value is -0.640. The third-order valence-electron chi connectivity index (χ3n) is 3.64. The van der Waals surface area contributed by atoms with Gasteiger partial charge in [-0.2, -0.15) is 0 Å². The summed E-state index contributed by atoms with van der Waals surface area (Å²) in [6, 6.07) is 0. The van der Waals surface area contributed by atoms with Crippen LogP contribution in [0.5, 0.6) is 0 Å². The molecule has 2 aliphatic rings. The summed E-state index contributed by atoms with van der Waals surface area (Å²) in [4.78, 5) is 9.47. The minimum atomic E-state index is 0.595. The zero-order valence-electron chi connectivity index (χ0n) is 10.3. The monoisotopic (exact) mass is 295 g/mol. The first-order valence-corrected chi connectivity index (χ1v) is 7.31. The predicted octanol–water partition coefficient (Wildman–Crippen LogP) is 3.67. The highest BCUT2D eigenvalue weighted by molar-refractivity contribution is 9.10. The van der Waals surface area contributed by atoms with Crippen LogP contribution in [-0.4, -0.2) is 16.5 Å². The Kier molecular flexibility index (Phi) is 2.85. The van der Waals surface area contributed by atoms with Gasteiger partial charge in [-0.05, 0) is 48.0 Å². The van der Waals surface area contributed by atoms with Crippen molar-refractivity contribution < 1.29 is 0 Å². The maximum atomic E-state index is 4.79. The second kappa shape index (κ2) is 4.23. The summed E-state index contributed by atoms with van der Waals surface area (Å²) in [6.07, 6.45) is 3.80. The molecule has 4 heteroatoms. The van der Waals surface area contributed by atoms with Crippen molar-refractivity contribution in [3.8, 4) is 0 Å². The Morgan fingerprint density at radius 1 is 1.35 bits per heavy atom. The van der Waals surface area contributed by atoms with Gasteiger partial charge in [-0.25, -0.2) is 9.97 Å². The number of aromatic nitrogens is 2. The number of hydrogen-bond donors (Lipinski definition) is 1. The summed E-state index contributed by atoms with van der Waals surface area (Å²) in [5, 5.41) is 3.34. The standard InChI is InChI=1S/C13H18BrN3/c1-3-15-13-10(14)11(8-4-5-8)16-12(17-13)9-6-7(9)2/h7-9H,3-6H2,1-2H3,(H,15,16,17). The lowest BCUT2D eigenvalue weighted by molar-refractivity contribution is 0.814. The summed E-state index contributed by atoms with van der Waals surface area (Å²) in [5.41, 5.74) is 1.23. The van der Waals surface area contributed by atoms with E-state index in [2.05, 4.69) is 40.1 Å². The Labute approximate surface area is 111 Å². The minimum absolute atomic E-state index is 0.595. The lowest BCUT2D eigenvalue weighted by Crippen LogP contribution is -2.07. The fourth-order valence-electron chi connectivity index (χ4n) is 2.24. The topological polar surface area (TPSA) is 37.8 Å². The van der Waals surface area contributed by atoms with Crippen LogP contribution < -0.4 is 5.32 Å². The smallest absolute Gasteiger partial charge is 0.144 e. The van der Waals surface area contributed by atoms with Gasteiger partial charge in [-0.15, -0.1) is 0 Å². The summed E-state index contributed by atoms with van der Waals surface area (Å²) < 4.78 is 1.08. The molecule has 0 bridgehead atoms. The molecular weight excluding hydrogens is 278 g/mol. The highest BCUT2D eigenvalue weighted by atomic mass is 79.9. The average molecular weight is 296 g/mol. The van der Waals surface area contributed by atoms with Crippen LogP contribution in [0, 0.1) is 5.92 Å². The largest absolute Gasteiger partial charge is 0.369 e. The third kappa shape index (κ3) is 2.19. The van der Waals surface area contributed by atoms with Crippen LogP contribution >= 0.6 is 15.9 Å². The first-order valence-electron chi connectivity index (χ1n) is 6.52. The van der Waals surface area contributed by atoms with Crippen molar-refractivity contribution in [2.75, 3.05) is 11.9 Å². The Balaban J connectivity index is 1.98. The van der Waals surface area contributed by atoms with Crippen LogP contribution in [0.3, 0.4) is 0 Å². The molecule has 0 amide bonds. The zero-order valence-corrected chi connectivity index (χ0v) is 11.9. The number of nitrogens with zero attached hydrogens (tertiary/aromatic N) is 2. The lowest BCUT2D eigenvalue weighted by atomic mass is 10.2. The Morgan fingerprint density at radius 2 is 2.06 bits per heavy atom. The van der Waals surface area contributed by atoms with Crippen molar-refractivity contribution in [1.29, 1.82) is 0 Å². The van der Waals surface area contributed by atoms with Crippen molar-refractivity contribution in [2.45, 2.75) is 44.9 Å². The number of rotatable bonds is 4. The van der Waals surface area contributed by atoms with Gasteiger partial charge in [-0.1, -0.05) is 6.92 Å². The quantitative estimate of drug-likeness (QED) is 0.921. The summed E-state index contributed by atoms with van der Waals surface area (Å²) in [7, 11) is 0. The molecule has 3 rings (SSSR count). The maximum absolute atomic E-state index is 4.79. The van der Waals surface area contributed by atoms with E-state index < -0.39 is 0 Å². The highest BCUT2D eigenvalue weighted by Gasteiger charge is 2.38. The highest BCUT2D eigenvalue weighted by Crippen LogP contribution is 2.49. The van der Waals surface area contributed by atoms with E-state index in [1.807, 2.05) is 0 Å². The van der Waals surface area contributed by atoms with Crippen LogP contribution in [0.4, 0.5) is 5.82 Å².